The zero-order valence-electron chi connectivity index (χ0n) is 16.7. The van der Waals surface area contributed by atoms with Crippen LogP contribution in [0, 0.1) is 20.2 Å². The van der Waals surface area contributed by atoms with E-state index in [0.717, 1.165) is 50.2 Å². The van der Waals surface area contributed by atoms with Gasteiger partial charge in [0.25, 0.3) is 5.69 Å². The Morgan fingerprint density at radius 1 is 1.04 bits per heavy atom. The number of rotatable bonds is 14. The van der Waals surface area contributed by atoms with Crippen LogP contribution >= 0.6 is 0 Å². The van der Waals surface area contributed by atoms with E-state index in [1.54, 1.807) is 6.21 Å². The molecule has 0 bridgehead atoms. The number of nitrogens with one attached hydrogen (secondary N) is 1. The smallest absolute Gasteiger partial charge is 0.272 e. The molecule has 1 rings (SSSR count). The van der Waals surface area contributed by atoms with Gasteiger partial charge in [0.15, 0.2) is 0 Å². The molecule has 0 saturated heterocycles. The normalized spacial score (nSPS) is 11.7. The minimum atomic E-state index is -0.660. The van der Waals surface area contributed by atoms with Crippen molar-refractivity contribution in [2.45, 2.75) is 71.6 Å². The Labute approximate surface area is 166 Å². The Hall–Kier alpha value is -2.77. The molecule has 28 heavy (non-hydrogen) atoms. The number of unbranched alkanes of at least 4 members (excludes halogenated alkanes) is 6. The van der Waals surface area contributed by atoms with Crippen molar-refractivity contribution in [3.8, 4) is 0 Å². The number of allylic oxidation sites excluding steroid dienone is 2. The summed E-state index contributed by atoms with van der Waals surface area (Å²) in [7, 11) is 0. The van der Waals surface area contributed by atoms with Crippen molar-refractivity contribution < 1.29 is 9.85 Å². The number of nitro benzene ring substituents is 2. The molecule has 0 aliphatic rings. The molecular formula is C20H30N4O4. The summed E-state index contributed by atoms with van der Waals surface area (Å²) in [6, 6.07) is 3.46. The van der Waals surface area contributed by atoms with Crippen LogP contribution in [0.2, 0.25) is 0 Å². The molecule has 0 heterocycles. The van der Waals surface area contributed by atoms with Crippen LogP contribution in [0.25, 0.3) is 0 Å². The van der Waals surface area contributed by atoms with E-state index in [-0.39, 0.29) is 17.1 Å². The van der Waals surface area contributed by atoms with Gasteiger partial charge in [-0.05, 0) is 37.3 Å². The Morgan fingerprint density at radius 3 is 2.39 bits per heavy atom. The van der Waals surface area contributed by atoms with Crippen molar-refractivity contribution in [2.24, 2.45) is 5.10 Å². The Bertz CT molecular complexity index is 701. The van der Waals surface area contributed by atoms with Gasteiger partial charge in [0.05, 0.1) is 22.1 Å². The van der Waals surface area contributed by atoms with E-state index in [9.17, 15) is 20.2 Å². The lowest BCUT2D eigenvalue weighted by molar-refractivity contribution is -0.393. The van der Waals surface area contributed by atoms with Gasteiger partial charge in [0, 0.05) is 6.07 Å². The zero-order valence-corrected chi connectivity index (χ0v) is 16.7. The quantitative estimate of drug-likeness (QED) is 0.171. The molecule has 1 aromatic carbocycles. The molecule has 8 nitrogen and oxygen atoms in total. The van der Waals surface area contributed by atoms with Crippen LogP contribution in [0.1, 0.15) is 71.6 Å². The van der Waals surface area contributed by atoms with Crippen molar-refractivity contribution >= 4 is 23.3 Å². The van der Waals surface area contributed by atoms with Crippen molar-refractivity contribution in [3.63, 3.8) is 0 Å². The highest BCUT2D eigenvalue weighted by atomic mass is 16.6. The molecule has 0 unspecified atom stereocenters. The summed E-state index contributed by atoms with van der Waals surface area (Å²) in [4.78, 5) is 20.7. The molecule has 0 aliphatic heterocycles. The second-order valence-corrected chi connectivity index (χ2v) is 6.67. The molecule has 0 fully saturated rings. The number of hydrogen-bond donors (Lipinski definition) is 1. The summed E-state index contributed by atoms with van der Waals surface area (Å²) in [5.41, 5.74) is 3.19. The van der Waals surface area contributed by atoms with E-state index in [1.807, 2.05) is 0 Å². The van der Waals surface area contributed by atoms with Gasteiger partial charge in [-0.1, -0.05) is 52.0 Å². The van der Waals surface area contributed by atoms with Gasteiger partial charge in [-0.2, -0.15) is 5.10 Å². The monoisotopic (exact) mass is 390 g/mol. The Balaban J connectivity index is 2.81. The number of nitro groups is 2. The Kier molecular flexibility index (Phi) is 11.1. The molecule has 0 aliphatic carbocycles. The number of hydrazone groups is 1. The lowest BCUT2D eigenvalue weighted by Gasteiger charge is -2.04. The van der Waals surface area contributed by atoms with Gasteiger partial charge >= 0.3 is 5.69 Å². The first kappa shape index (κ1) is 23.3. The predicted octanol–water partition coefficient (Wildman–Crippen LogP) is 6.38. The molecule has 0 saturated carbocycles. The lowest BCUT2D eigenvalue weighted by Crippen LogP contribution is -1.99. The number of non-ortho nitro benzene ring substituents is 1. The Morgan fingerprint density at radius 2 is 1.75 bits per heavy atom. The van der Waals surface area contributed by atoms with Crippen LogP contribution in [0.4, 0.5) is 17.1 Å². The molecule has 0 spiro atoms. The minimum absolute atomic E-state index is 0.128. The number of nitrogens with zero attached hydrogens (tertiary/aromatic N) is 3. The summed E-state index contributed by atoms with van der Waals surface area (Å²) < 4.78 is 0. The molecule has 154 valence electrons. The molecular weight excluding hydrogens is 360 g/mol. The van der Waals surface area contributed by atoms with Crippen LogP contribution in [0.15, 0.2) is 34.9 Å². The van der Waals surface area contributed by atoms with Gasteiger partial charge in [-0.15, -0.1) is 0 Å². The first-order valence-corrected chi connectivity index (χ1v) is 9.90. The number of anilines is 1. The fourth-order valence-corrected chi connectivity index (χ4v) is 2.72. The van der Waals surface area contributed by atoms with Gasteiger partial charge < -0.3 is 0 Å². The number of hydrogen-bond acceptors (Lipinski definition) is 6. The predicted molar refractivity (Wildman–Crippen MR) is 113 cm³/mol. The van der Waals surface area contributed by atoms with Crippen LogP contribution in [0.3, 0.4) is 0 Å². The van der Waals surface area contributed by atoms with Crippen LogP contribution < -0.4 is 5.43 Å². The van der Waals surface area contributed by atoms with Crippen LogP contribution in [0.5, 0.6) is 0 Å². The van der Waals surface area contributed by atoms with E-state index in [4.69, 9.17) is 0 Å². The standard InChI is InChI=1S/C20H30N4O4/c1-3-5-7-8-10-12-17(11-9-6-4-2)16-21-22-19-14-13-18(23(25)26)15-20(19)24(27)28/h12-16,22H,3-11H2,1-2H3/b17-12-,21-16-. The summed E-state index contributed by atoms with van der Waals surface area (Å²) in [6.07, 6.45) is 13.9. The molecule has 0 atom stereocenters. The average Bonchev–Trinajstić information content (AvgIpc) is 2.67. The van der Waals surface area contributed by atoms with E-state index in [0.29, 0.717) is 0 Å². The SMILES string of the molecule is CCCCCC/C=C(\C=N/Nc1ccc([N+](=O)[O-])cc1[N+](=O)[O-])CCCCC. The third kappa shape index (κ3) is 8.75. The highest BCUT2D eigenvalue weighted by Gasteiger charge is 2.19. The fourth-order valence-electron chi connectivity index (χ4n) is 2.72. The first-order valence-electron chi connectivity index (χ1n) is 9.90. The van der Waals surface area contributed by atoms with Crippen molar-refractivity contribution in [1.82, 2.24) is 0 Å². The van der Waals surface area contributed by atoms with Gasteiger partial charge in [-0.3, -0.25) is 25.7 Å². The highest BCUT2D eigenvalue weighted by Crippen LogP contribution is 2.28. The van der Waals surface area contributed by atoms with E-state index in [2.05, 4.69) is 30.5 Å². The van der Waals surface area contributed by atoms with E-state index in [1.165, 1.54) is 31.4 Å². The third-order valence-electron chi connectivity index (χ3n) is 4.34. The maximum absolute atomic E-state index is 11.2. The molecule has 1 N–H and O–H groups in total. The minimum Gasteiger partial charge on any atom is -0.272 e. The maximum atomic E-state index is 11.2. The molecule has 0 radical (unpaired) electrons. The topological polar surface area (TPSA) is 111 Å². The molecule has 8 heteroatoms. The first-order chi connectivity index (χ1) is 13.5. The summed E-state index contributed by atoms with van der Waals surface area (Å²) in [5, 5.41) is 26.1. The van der Waals surface area contributed by atoms with Crippen molar-refractivity contribution in [3.05, 3.63) is 50.1 Å². The second-order valence-electron chi connectivity index (χ2n) is 6.67. The van der Waals surface area contributed by atoms with Crippen LogP contribution in [-0.2, 0) is 0 Å². The third-order valence-corrected chi connectivity index (χ3v) is 4.34. The maximum Gasteiger partial charge on any atom is 0.301 e. The van der Waals surface area contributed by atoms with E-state index >= 15 is 0 Å². The molecule has 0 aromatic heterocycles. The van der Waals surface area contributed by atoms with Gasteiger partial charge in [-0.25, -0.2) is 0 Å². The van der Waals surface area contributed by atoms with E-state index < -0.39 is 9.85 Å². The highest BCUT2D eigenvalue weighted by molar-refractivity contribution is 5.79. The molecule has 0 amide bonds. The lowest BCUT2D eigenvalue weighted by atomic mass is 10.1. The van der Waals surface area contributed by atoms with Gasteiger partial charge in [0.2, 0.25) is 0 Å². The zero-order chi connectivity index (χ0) is 20.8. The van der Waals surface area contributed by atoms with Gasteiger partial charge in [0.1, 0.15) is 5.69 Å². The van der Waals surface area contributed by atoms with Crippen molar-refractivity contribution in [1.29, 1.82) is 0 Å². The largest absolute Gasteiger partial charge is 0.301 e. The number of benzene rings is 1. The average molecular weight is 390 g/mol. The fraction of sp³-hybridized carbons (Fsp3) is 0.550. The summed E-state index contributed by atoms with van der Waals surface area (Å²) in [5.74, 6) is 0. The summed E-state index contributed by atoms with van der Waals surface area (Å²) in [6.45, 7) is 4.33. The summed E-state index contributed by atoms with van der Waals surface area (Å²) >= 11 is 0. The molecule has 1 aromatic rings. The van der Waals surface area contributed by atoms with Crippen molar-refractivity contribution in [2.75, 3.05) is 5.43 Å². The van der Waals surface area contributed by atoms with Crippen LogP contribution in [-0.4, -0.2) is 16.1 Å². The second kappa shape index (κ2) is 13.4.